The van der Waals surface area contributed by atoms with Gasteiger partial charge >= 0.3 is 12.0 Å². The molecule has 1 saturated heterocycles. The van der Waals surface area contributed by atoms with Gasteiger partial charge in [0.25, 0.3) is 0 Å². The zero-order chi connectivity index (χ0) is 20.1. The highest BCUT2D eigenvalue weighted by atomic mass is 35.5. The Morgan fingerprint density at radius 3 is 2.23 bits per heavy atom. The summed E-state index contributed by atoms with van der Waals surface area (Å²) in [5.41, 5.74) is -1.01. The summed E-state index contributed by atoms with van der Waals surface area (Å²) >= 11 is 13.6. The van der Waals surface area contributed by atoms with E-state index in [4.69, 9.17) is 27.9 Å². The lowest BCUT2D eigenvalue weighted by molar-refractivity contribution is -0.149. The molecule has 3 amide bonds. The lowest BCUT2D eigenvalue weighted by atomic mass is 10.0. The Labute approximate surface area is 168 Å². The standard InChI is InChI=1S/C17H26Cl2N2O4S/c1-7-25-12(22)10-15(4,5)26-11(9(2)3)21(10)14(24)20-13(23)16(6)8-17(16,18)19/h9-11H,7-8H2,1-6H3,(H,20,23,24). The minimum atomic E-state index is -1.17. The van der Waals surface area contributed by atoms with E-state index < -0.39 is 38.4 Å². The minimum Gasteiger partial charge on any atom is -0.464 e. The monoisotopic (exact) mass is 424 g/mol. The number of hydrogen-bond acceptors (Lipinski definition) is 5. The number of esters is 1. The third-order valence-corrected chi connectivity index (χ3v) is 7.87. The van der Waals surface area contributed by atoms with Gasteiger partial charge in [-0.25, -0.2) is 9.59 Å². The molecule has 2 rings (SSSR count). The number of nitrogens with one attached hydrogen (secondary N) is 1. The highest BCUT2D eigenvalue weighted by molar-refractivity contribution is 8.01. The van der Waals surface area contributed by atoms with Crippen LogP contribution in [-0.2, 0) is 14.3 Å². The molecule has 0 radical (unpaired) electrons. The van der Waals surface area contributed by atoms with Gasteiger partial charge in [-0.3, -0.25) is 15.0 Å². The molecule has 0 aromatic rings. The van der Waals surface area contributed by atoms with Crippen molar-refractivity contribution in [3.63, 3.8) is 0 Å². The molecule has 2 aliphatic rings. The number of urea groups is 1. The number of alkyl halides is 2. The number of carbonyl (C=O) groups excluding carboxylic acids is 3. The molecule has 1 N–H and O–H groups in total. The smallest absolute Gasteiger partial charge is 0.330 e. The van der Waals surface area contributed by atoms with Crippen molar-refractivity contribution in [2.75, 3.05) is 6.61 Å². The van der Waals surface area contributed by atoms with E-state index in [9.17, 15) is 14.4 Å². The molecule has 6 nitrogen and oxygen atoms in total. The van der Waals surface area contributed by atoms with Crippen LogP contribution >= 0.6 is 35.0 Å². The quantitative estimate of drug-likeness (QED) is 0.551. The van der Waals surface area contributed by atoms with Gasteiger partial charge in [-0.05, 0) is 40.0 Å². The Hall–Kier alpha value is -0.660. The predicted molar refractivity (Wildman–Crippen MR) is 103 cm³/mol. The van der Waals surface area contributed by atoms with Gasteiger partial charge in [-0.15, -0.1) is 35.0 Å². The molecule has 3 atom stereocenters. The number of imide groups is 1. The van der Waals surface area contributed by atoms with Gasteiger partial charge in [-0.2, -0.15) is 0 Å². The number of rotatable bonds is 4. The molecule has 0 aromatic carbocycles. The van der Waals surface area contributed by atoms with E-state index >= 15 is 0 Å². The molecule has 9 heteroatoms. The lowest BCUT2D eigenvalue weighted by Crippen LogP contribution is -2.56. The number of halogens is 2. The normalized spacial score (nSPS) is 31.7. The SMILES string of the molecule is CCOC(=O)C1N(C(=O)NC(=O)C2(C)CC2(Cl)Cl)C(C(C)C)SC1(C)C. The van der Waals surface area contributed by atoms with Gasteiger partial charge in [0, 0.05) is 4.75 Å². The topological polar surface area (TPSA) is 75.7 Å². The Kier molecular flexibility index (Phi) is 5.87. The molecule has 3 unspecified atom stereocenters. The summed E-state index contributed by atoms with van der Waals surface area (Å²) in [5, 5.41) is 2.12. The van der Waals surface area contributed by atoms with Crippen LogP contribution in [-0.4, -0.2) is 49.9 Å². The van der Waals surface area contributed by atoms with Gasteiger partial charge in [0.2, 0.25) is 5.91 Å². The summed E-state index contributed by atoms with van der Waals surface area (Å²) in [7, 11) is 0. The molecule has 1 aliphatic carbocycles. The number of hydrogen-bond donors (Lipinski definition) is 1. The fourth-order valence-corrected chi connectivity index (χ4v) is 5.44. The van der Waals surface area contributed by atoms with Crippen LogP contribution < -0.4 is 5.32 Å². The van der Waals surface area contributed by atoms with E-state index in [1.807, 2.05) is 27.7 Å². The van der Waals surface area contributed by atoms with Crippen molar-refractivity contribution in [3.8, 4) is 0 Å². The Bertz CT molecular complexity index is 626. The fraction of sp³-hybridized carbons (Fsp3) is 0.824. The second kappa shape index (κ2) is 7.06. The molecule has 148 valence electrons. The zero-order valence-electron chi connectivity index (χ0n) is 15.9. The molecule has 0 bridgehead atoms. The predicted octanol–water partition coefficient (Wildman–Crippen LogP) is 3.55. The van der Waals surface area contributed by atoms with Crippen molar-refractivity contribution >= 4 is 52.9 Å². The molecular formula is C17H26Cl2N2O4S. The van der Waals surface area contributed by atoms with Crippen LogP contribution in [0.1, 0.15) is 48.0 Å². The highest BCUT2D eigenvalue weighted by Crippen LogP contribution is 2.63. The van der Waals surface area contributed by atoms with Crippen LogP contribution in [0.25, 0.3) is 0 Å². The van der Waals surface area contributed by atoms with Crippen molar-refractivity contribution in [1.29, 1.82) is 0 Å². The van der Waals surface area contributed by atoms with Crippen LogP contribution in [0.4, 0.5) is 4.79 Å². The van der Waals surface area contributed by atoms with Crippen molar-refractivity contribution in [3.05, 3.63) is 0 Å². The fourth-order valence-electron chi connectivity index (χ4n) is 3.17. The number of nitrogens with zero attached hydrogens (tertiary/aromatic N) is 1. The molecule has 2 fully saturated rings. The van der Waals surface area contributed by atoms with Crippen LogP contribution in [0.5, 0.6) is 0 Å². The van der Waals surface area contributed by atoms with Crippen LogP contribution in [0, 0.1) is 11.3 Å². The van der Waals surface area contributed by atoms with Crippen LogP contribution in [0.15, 0.2) is 0 Å². The minimum absolute atomic E-state index is 0.0798. The summed E-state index contributed by atoms with van der Waals surface area (Å²) in [5.74, 6) is -0.930. The van der Waals surface area contributed by atoms with E-state index in [-0.39, 0.29) is 24.3 Å². The second-order valence-electron chi connectivity index (χ2n) is 7.89. The maximum atomic E-state index is 12.9. The van der Waals surface area contributed by atoms with Gasteiger partial charge in [-0.1, -0.05) is 13.8 Å². The third kappa shape index (κ3) is 3.67. The van der Waals surface area contributed by atoms with Crippen molar-refractivity contribution < 1.29 is 19.1 Å². The molecule has 0 aromatic heterocycles. The summed E-state index contributed by atoms with van der Waals surface area (Å²) in [4.78, 5) is 39.4. The summed E-state index contributed by atoms with van der Waals surface area (Å²) < 4.78 is 3.47. The summed E-state index contributed by atoms with van der Waals surface area (Å²) in [6.45, 7) is 11.3. The maximum Gasteiger partial charge on any atom is 0.330 e. The molecular weight excluding hydrogens is 399 g/mol. The first-order valence-electron chi connectivity index (χ1n) is 8.64. The number of ether oxygens (including phenoxy) is 1. The Morgan fingerprint density at radius 2 is 1.81 bits per heavy atom. The van der Waals surface area contributed by atoms with E-state index in [1.54, 1.807) is 13.8 Å². The Balaban J connectivity index is 2.27. The van der Waals surface area contributed by atoms with Gasteiger partial charge in [0.1, 0.15) is 10.4 Å². The molecule has 1 saturated carbocycles. The van der Waals surface area contributed by atoms with Crippen LogP contribution in [0.3, 0.4) is 0 Å². The number of amides is 3. The first-order chi connectivity index (χ1) is 11.8. The van der Waals surface area contributed by atoms with Crippen molar-refractivity contribution in [2.24, 2.45) is 11.3 Å². The van der Waals surface area contributed by atoms with E-state index in [1.165, 1.54) is 16.7 Å². The highest BCUT2D eigenvalue weighted by Gasteiger charge is 2.68. The first-order valence-corrected chi connectivity index (χ1v) is 10.3. The molecule has 26 heavy (non-hydrogen) atoms. The molecule has 1 heterocycles. The Morgan fingerprint density at radius 1 is 1.27 bits per heavy atom. The molecule has 0 spiro atoms. The van der Waals surface area contributed by atoms with E-state index in [2.05, 4.69) is 5.32 Å². The summed E-state index contributed by atoms with van der Waals surface area (Å²) in [6, 6.07) is -1.42. The number of carbonyl (C=O) groups is 3. The van der Waals surface area contributed by atoms with E-state index in [0.717, 1.165) is 0 Å². The largest absolute Gasteiger partial charge is 0.464 e. The summed E-state index contributed by atoms with van der Waals surface area (Å²) in [6.07, 6.45) is 0.275. The van der Waals surface area contributed by atoms with Crippen molar-refractivity contribution in [2.45, 2.75) is 68.5 Å². The second-order valence-corrected chi connectivity index (χ2v) is 11.1. The molecule has 1 aliphatic heterocycles. The lowest BCUT2D eigenvalue weighted by Gasteiger charge is -2.32. The number of thioether (sulfide) groups is 1. The van der Waals surface area contributed by atoms with Crippen molar-refractivity contribution in [1.82, 2.24) is 10.2 Å². The maximum absolute atomic E-state index is 12.9. The average molecular weight is 425 g/mol. The third-order valence-electron chi connectivity index (χ3n) is 4.93. The zero-order valence-corrected chi connectivity index (χ0v) is 18.2. The van der Waals surface area contributed by atoms with Gasteiger partial charge in [0.15, 0.2) is 0 Å². The van der Waals surface area contributed by atoms with Gasteiger partial charge in [0.05, 0.1) is 17.4 Å². The van der Waals surface area contributed by atoms with E-state index in [0.29, 0.717) is 0 Å². The van der Waals surface area contributed by atoms with Crippen LogP contribution in [0.2, 0.25) is 0 Å². The average Bonchev–Trinajstić information content (AvgIpc) is 2.86. The first kappa shape index (κ1) is 21.6. The van der Waals surface area contributed by atoms with Gasteiger partial charge < -0.3 is 4.74 Å².